The van der Waals surface area contributed by atoms with Crippen molar-refractivity contribution in [2.75, 3.05) is 0 Å². The summed E-state index contributed by atoms with van der Waals surface area (Å²) in [5.41, 5.74) is 6.17. The zero-order valence-corrected chi connectivity index (χ0v) is 14.8. The van der Waals surface area contributed by atoms with Crippen LogP contribution in [-0.4, -0.2) is 22.0 Å². The first-order chi connectivity index (χ1) is 10.8. The Kier molecular flexibility index (Phi) is 3.53. The first kappa shape index (κ1) is 16.1. The predicted molar refractivity (Wildman–Crippen MR) is 90.8 cm³/mol. The van der Waals surface area contributed by atoms with E-state index in [0.29, 0.717) is 30.0 Å². The third kappa shape index (κ3) is 2.05. The standard InChI is InChI=1S/C20H33NO2/c1-3-19-10-6-15-14(16(19)8-9-18(19,2)23)7-11-20(21)12-13(22)4-5-17(15)20/h14-17,23H,3-12,21H2,1-2H3/t14?,15?,16?,17?,18-,19?,20+/m0/s1. The van der Waals surface area contributed by atoms with Crippen LogP contribution in [-0.2, 0) is 4.79 Å². The zero-order chi connectivity index (χ0) is 16.5. The van der Waals surface area contributed by atoms with E-state index < -0.39 is 5.60 Å². The van der Waals surface area contributed by atoms with Crippen molar-refractivity contribution >= 4 is 5.78 Å². The summed E-state index contributed by atoms with van der Waals surface area (Å²) in [6.45, 7) is 4.37. The van der Waals surface area contributed by atoms with Crippen molar-refractivity contribution in [3.63, 3.8) is 0 Å². The van der Waals surface area contributed by atoms with Crippen molar-refractivity contribution in [2.45, 2.75) is 89.2 Å². The molecule has 130 valence electrons. The number of carbonyl (C=O) groups is 1. The Labute approximate surface area is 140 Å². The lowest BCUT2D eigenvalue weighted by molar-refractivity contribution is -0.142. The van der Waals surface area contributed by atoms with Gasteiger partial charge in [0, 0.05) is 23.8 Å². The minimum Gasteiger partial charge on any atom is -0.390 e. The predicted octanol–water partition coefficient (Wildman–Crippen LogP) is 3.43. The lowest BCUT2D eigenvalue weighted by Crippen LogP contribution is -2.61. The molecule has 0 spiro atoms. The van der Waals surface area contributed by atoms with Gasteiger partial charge in [-0.25, -0.2) is 0 Å². The second kappa shape index (κ2) is 5.05. The topological polar surface area (TPSA) is 63.3 Å². The van der Waals surface area contributed by atoms with Crippen LogP contribution < -0.4 is 5.73 Å². The van der Waals surface area contributed by atoms with Crippen LogP contribution in [0, 0.1) is 29.1 Å². The van der Waals surface area contributed by atoms with Gasteiger partial charge in [-0.3, -0.25) is 4.79 Å². The summed E-state index contributed by atoms with van der Waals surface area (Å²) < 4.78 is 0. The van der Waals surface area contributed by atoms with E-state index >= 15 is 0 Å². The number of ketones is 1. The first-order valence-corrected chi connectivity index (χ1v) is 9.86. The van der Waals surface area contributed by atoms with Gasteiger partial charge in [0.05, 0.1) is 5.60 Å². The fourth-order valence-electron chi connectivity index (χ4n) is 7.65. The van der Waals surface area contributed by atoms with Crippen LogP contribution in [0.2, 0.25) is 0 Å². The monoisotopic (exact) mass is 319 g/mol. The lowest BCUT2D eigenvalue weighted by atomic mass is 9.47. The number of nitrogens with two attached hydrogens (primary N) is 1. The molecule has 4 rings (SSSR count). The molecule has 23 heavy (non-hydrogen) atoms. The van der Waals surface area contributed by atoms with Crippen LogP contribution >= 0.6 is 0 Å². The van der Waals surface area contributed by atoms with Gasteiger partial charge in [0.25, 0.3) is 0 Å². The van der Waals surface area contributed by atoms with Crippen molar-refractivity contribution in [2.24, 2.45) is 34.8 Å². The average molecular weight is 319 g/mol. The number of carbonyl (C=O) groups excluding carboxylic acids is 1. The average Bonchev–Trinajstić information content (AvgIpc) is 2.77. The molecule has 0 heterocycles. The molecule has 0 bridgehead atoms. The van der Waals surface area contributed by atoms with Gasteiger partial charge in [0.1, 0.15) is 5.78 Å². The molecule has 7 atom stereocenters. The van der Waals surface area contributed by atoms with Crippen molar-refractivity contribution in [1.29, 1.82) is 0 Å². The van der Waals surface area contributed by atoms with Gasteiger partial charge in [-0.15, -0.1) is 0 Å². The van der Waals surface area contributed by atoms with E-state index in [-0.39, 0.29) is 11.0 Å². The Bertz CT molecular complexity index is 516. The maximum Gasteiger partial charge on any atom is 0.134 e. The second-order valence-corrected chi connectivity index (χ2v) is 9.43. The van der Waals surface area contributed by atoms with Crippen molar-refractivity contribution in [3.05, 3.63) is 0 Å². The molecule has 4 saturated carbocycles. The van der Waals surface area contributed by atoms with Gasteiger partial charge in [-0.05, 0) is 82.0 Å². The molecule has 3 heteroatoms. The van der Waals surface area contributed by atoms with E-state index in [2.05, 4.69) is 13.8 Å². The van der Waals surface area contributed by atoms with Gasteiger partial charge < -0.3 is 10.8 Å². The molecule has 3 nitrogen and oxygen atoms in total. The van der Waals surface area contributed by atoms with E-state index in [1.165, 1.54) is 19.3 Å². The van der Waals surface area contributed by atoms with Gasteiger partial charge in [0.15, 0.2) is 0 Å². The smallest absolute Gasteiger partial charge is 0.134 e. The maximum absolute atomic E-state index is 11.9. The summed E-state index contributed by atoms with van der Waals surface area (Å²) >= 11 is 0. The third-order valence-electron chi connectivity index (χ3n) is 8.80. The van der Waals surface area contributed by atoms with E-state index in [1.54, 1.807) is 0 Å². The largest absolute Gasteiger partial charge is 0.390 e. The fraction of sp³-hybridized carbons (Fsp3) is 0.950. The molecule has 0 aromatic carbocycles. The highest BCUT2D eigenvalue weighted by molar-refractivity contribution is 5.80. The Morgan fingerprint density at radius 1 is 1.09 bits per heavy atom. The molecule has 4 aliphatic rings. The van der Waals surface area contributed by atoms with Crippen molar-refractivity contribution in [3.8, 4) is 0 Å². The SMILES string of the molecule is CCC12CCC3C(CC[C@@]4(N)CC(=O)CCC34)C1CC[C@]2(C)O. The Hall–Kier alpha value is -0.410. The van der Waals surface area contributed by atoms with E-state index in [0.717, 1.165) is 44.4 Å². The van der Waals surface area contributed by atoms with Crippen LogP contribution in [0.4, 0.5) is 0 Å². The summed E-state index contributed by atoms with van der Waals surface area (Å²) in [5.74, 6) is 3.01. The first-order valence-electron chi connectivity index (χ1n) is 9.86. The van der Waals surface area contributed by atoms with Crippen molar-refractivity contribution in [1.82, 2.24) is 0 Å². The highest BCUT2D eigenvalue weighted by Gasteiger charge is 2.63. The highest BCUT2D eigenvalue weighted by atomic mass is 16.3. The van der Waals surface area contributed by atoms with E-state index in [4.69, 9.17) is 5.73 Å². The Morgan fingerprint density at radius 3 is 2.52 bits per heavy atom. The highest BCUT2D eigenvalue weighted by Crippen LogP contribution is 2.66. The molecule has 0 aromatic rings. The van der Waals surface area contributed by atoms with Crippen LogP contribution in [0.5, 0.6) is 0 Å². The summed E-state index contributed by atoms with van der Waals surface area (Å²) in [6, 6.07) is 0. The minimum atomic E-state index is -0.489. The van der Waals surface area contributed by atoms with Crippen LogP contribution in [0.3, 0.4) is 0 Å². The quantitative estimate of drug-likeness (QED) is 0.778. The molecule has 4 fully saturated rings. The van der Waals surface area contributed by atoms with Gasteiger partial charge >= 0.3 is 0 Å². The molecule has 0 radical (unpaired) electrons. The Balaban J connectivity index is 1.64. The molecular formula is C20H33NO2. The number of hydrogen-bond acceptors (Lipinski definition) is 3. The van der Waals surface area contributed by atoms with Crippen LogP contribution in [0.25, 0.3) is 0 Å². The fourth-order valence-corrected chi connectivity index (χ4v) is 7.65. The van der Waals surface area contributed by atoms with E-state index in [9.17, 15) is 9.90 Å². The number of rotatable bonds is 1. The summed E-state index contributed by atoms with van der Waals surface area (Å²) in [7, 11) is 0. The maximum atomic E-state index is 11.9. The number of hydrogen-bond donors (Lipinski definition) is 2. The Morgan fingerprint density at radius 2 is 1.78 bits per heavy atom. The third-order valence-corrected chi connectivity index (χ3v) is 8.80. The number of Topliss-reactive ketones (excluding diaryl/α,β-unsaturated/α-hetero) is 1. The van der Waals surface area contributed by atoms with Crippen LogP contribution in [0.15, 0.2) is 0 Å². The molecule has 4 aliphatic carbocycles. The molecule has 0 aliphatic heterocycles. The lowest BCUT2D eigenvalue weighted by Gasteiger charge is -2.60. The molecular weight excluding hydrogens is 286 g/mol. The van der Waals surface area contributed by atoms with Gasteiger partial charge in [0.2, 0.25) is 0 Å². The van der Waals surface area contributed by atoms with Crippen molar-refractivity contribution < 1.29 is 9.90 Å². The minimum absolute atomic E-state index is 0.132. The summed E-state index contributed by atoms with van der Waals surface area (Å²) in [6.07, 6.45) is 10.2. The second-order valence-electron chi connectivity index (χ2n) is 9.43. The van der Waals surface area contributed by atoms with Crippen LogP contribution in [0.1, 0.15) is 78.1 Å². The molecule has 0 saturated heterocycles. The molecule has 5 unspecified atom stereocenters. The number of aliphatic hydroxyl groups is 1. The summed E-state index contributed by atoms with van der Waals surface area (Å²) in [5, 5.41) is 11.1. The summed E-state index contributed by atoms with van der Waals surface area (Å²) in [4.78, 5) is 11.9. The molecule has 0 aromatic heterocycles. The molecule has 3 N–H and O–H groups in total. The normalized spacial score (nSPS) is 55.9. The number of fused-ring (bicyclic) bond motifs is 5. The van der Waals surface area contributed by atoms with E-state index in [1.807, 2.05) is 0 Å². The van der Waals surface area contributed by atoms with Gasteiger partial charge in [-0.1, -0.05) is 6.92 Å². The van der Waals surface area contributed by atoms with Gasteiger partial charge in [-0.2, -0.15) is 0 Å². The molecule has 0 amide bonds. The zero-order valence-electron chi connectivity index (χ0n) is 14.8.